The van der Waals surface area contributed by atoms with Gasteiger partial charge in [-0.25, -0.2) is 0 Å². The van der Waals surface area contributed by atoms with Crippen molar-refractivity contribution in [3.05, 3.63) is 23.4 Å². The van der Waals surface area contributed by atoms with Crippen molar-refractivity contribution in [1.82, 2.24) is 30.8 Å². The van der Waals surface area contributed by atoms with Crippen molar-refractivity contribution in [3.63, 3.8) is 0 Å². The highest BCUT2D eigenvalue weighted by Gasteiger charge is 2.56. The van der Waals surface area contributed by atoms with Crippen LogP contribution in [-0.2, 0) is 6.42 Å². The van der Waals surface area contributed by atoms with Crippen LogP contribution in [0, 0.1) is 11.8 Å². The van der Waals surface area contributed by atoms with Crippen molar-refractivity contribution in [2.24, 2.45) is 11.8 Å². The van der Waals surface area contributed by atoms with Crippen molar-refractivity contribution in [2.45, 2.75) is 19.3 Å². The lowest BCUT2D eigenvalue weighted by Crippen LogP contribution is -1.92. The lowest BCUT2D eigenvalue weighted by molar-refractivity contribution is 0.797. The molecule has 6 nitrogen and oxygen atoms in total. The molecule has 2 aromatic heterocycles. The van der Waals surface area contributed by atoms with Crippen LogP contribution in [0.2, 0.25) is 0 Å². The molecule has 0 saturated heterocycles. The summed E-state index contributed by atoms with van der Waals surface area (Å²) in [6.07, 6.45) is 5.52. The second-order valence-corrected chi connectivity index (χ2v) is 4.70. The average Bonchev–Trinajstić information content (AvgIpc) is 2.82. The number of allylic oxidation sites excluding steroid dienone is 2. The Bertz CT molecular complexity index is 581. The molecule has 0 aromatic carbocycles. The maximum atomic E-state index is 4.32. The van der Waals surface area contributed by atoms with E-state index in [0.717, 1.165) is 18.0 Å². The first-order chi connectivity index (χ1) is 8.40. The van der Waals surface area contributed by atoms with E-state index < -0.39 is 0 Å². The summed E-state index contributed by atoms with van der Waals surface area (Å²) >= 11 is 0. The molecule has 86 valence electrons. The van der Waals surface area contributed by atoms with Crippen LogP contribution in [0.25, 0.3) is 11.5 Å². The summed E-state index contributed by atoms with van der Waals surface area (Å²) < 4.78 is 0. The van der Waals surface area contributed by atoms with Crippen molar-refractivity contribution in [1.29, 1.82) is 0 Å². The van der Waals surface area contributed by atoms with Crippen LogP contribution in [0.1, 0.15) is 24.1 Å². The van der Waals surface area contributed by atoms with Gasteiger partial charge in [-0.1, -0.05) is 12.2 Å². The number of rotatable bonds is 2. The Balaban J connectivity index is 1.73. The molecule has 3 unspecified atom stereocenters. The maximum Gasteiger partial charge on any atom is 0.225 e. The topological polar surface area (TPSA) is 83.1 Å². The Morgan fingerprint density at radius 2 is 2.29 bits per heavy atom. The molecule has 2 N–H and O–H groups in total. The minimum absolute atomic E-state index is 0.589. The summed E-state index contributed by atoms with van der Waals surface area (Å²) in [4.78, 5) is 0. The molecule has 4 rings (SSSR count). The summed E-state index contributed by atoms with van der Waals surface area (Å²) in [7, 11) is 0. The number of tetrazole rings is 1. The number of H-pyrrole nitrogens is 2. The largest absolute Gasteiger partial charge is 0.281 e. The molecule has 0 amide bonds. The van der Waals surface area contributed by atoms with Gasteiger partial charge in [0.25, 0.3) is 0 Å². The molecule has 6 heteroatoms. The van der Waals surface area contributed by atoms with E-state index >= 15 is 0 Å². The molecule has 1 fully saturated rings. The Kier molecular flexibility index (Phi) is 1.62. The first-order valence-corrected chi connectivity index (χ1v) is 5.84. The Labute approximate surface area is 97.5 Å². The van der Waals surface area contributed by atoms with Gasteiger partial charge < -0.3 is 0 Å². The molecule has 3 atom stereocenters. The van der Waals surface area contributed by atoms with Crippen LogP contribution in [0.5, 0.6) is 0 Å². The number of hydrogen-bond donors (Lipinski definition) is 2. The summed E-state index contributed by atoms with van der Waals surface area (Å²) in [6.45, 7) is 2.08. The van der Waals surface area contributed by atoms with Gasteiger partial charge in [0.1, 0.15) is 5.69 Å². The normalized spacial score (nSPS) is 29.6. The Morgan fingerprint density at radius 3 is 3.06 bits per heavy atom. The molecule has 2 aliphatic rings. The van der Waals surface area contributed by atoms with Crippen LogP contribution < -0.4 is 0 Å². The summed E-state index contributed by atoms with van der Waals surface area (Å²) in [5, 5.41) is 21.5. The van der Waals surface area contributed by atoms with E-state index in [9.17, 15) is 0 Å². The van der Waals surface area contributed by atoms with Gasteiger partial charge in [-0.2, -0.15) is 10.3 Å². The molecule has 1 saturated carbocycles. The number of aromatic nitrogens is 6. The van der Waals surface area contributed by atoms with Crippen LogP contribution >= 0.6 is 0 Å². The van der Waals surface area contributed by atoms with Gasteiger partial charge in [0, 0.05) is 17.2 Å². The fraction of sp³-hybridized carbons (Fsp3) is 0.455. The fourth-order valence-electron chi connectivity index (χ4n) is 3.10. The van der Waals surface area contributed by atoms with Gasteiger partial charge in [-0.3, -0.25) is 5.10 Å². The molecular formula is C11H12N6. The number of nitrogens with one attached hydrogen (secondary N) is 2. The molecule has 2 heterocycles. The second kappa shape index (κ2) is 3.03. The van der Waals surface area contributed by atoms with Crippen LogP contribution in [0.4, 0.5) is 0 Å². The quantitative estimate of drug-likeness (QED) is 0.752. The number of nitrogens with zero attached hydrogens (tertiary/aromatic N) is 4. The average molecular weight is 228 g/mol. The van der Waals surface area contributed by atoms with Crippen LogP contribution in [-0.4, -0.2) is 30.8 Å². The molecule has 2 aromatic rings. The monoisotopic (exact) mass is 228 g/mol. The zero-order valence-electron chi connectivity index (χ0n) is 9.38. The second-order valence-electron chi connectivity index (χ2n) is 4.70. The van der Waals surface area contributed by atoms with E-state index in [-0.39, 0.29) is 0 Å². The van der Waals surface area contributed by atoms with Gasteiger partial charge in [-0.05, 0) is 30.4 Å². The predicted molar refractivity (Wildman–Crippen MR) is 60.0 cm³/mol. The molecule has 0 spiro atoms. The highest BCUT2D eigenvalue weighted by Crippen LogP contribution is 2.62. The SMILES string of the molecule is CC=CC1C2Cc3c(-c4nn[nH]n4)n[nH]c3C12. The van der Waals surface area contributed by atoms with Crippen molar-refractivity contribution >= 4 is 0 Å². The van der Waals surface area contributed by atoms with Crippen LogP contribution in [0.3, 0.4) is 0 Å². The lowest BCUT2D eigenvalue weighted by Gasteiger charge is -1.98. The first-order valence-electron chi connectivity index (χ1n) is 5.84. The predicted octanol–water partition coefficient (Wildman–Crippen LogP) is 1.05. The highest BCUT2D eigenvalue weighted by molar-refractivity contribution is 5.60. The van der Waals surface area contributed by atoms with E-state index in [2.05, 4.69) is 49.9 Å². The van der Waals surface area contributed by atoms with E-state index in [1.165, 1.54) is 11.3 Å². The van der Waals surface area contributed by atoms with Gasteiger partial charge in [0.15, 0.2) is 0 Å². The molecule has 17 heavy (non-hydrogen) atoms. The summed E-state index contributed by atoms with van der Waals surface area (Å²) in [6, 6.07) is 0. The summed E-state index contributed by atoms with van der Waals surface area (Å²) in [5.41, 5.74) is 3.42. The maximum absolute atomic E-state index is 4.32. The standard InChI is InChI=1S/C11H12N6/c1-2-3-5-6-4-7-9(8(5)6)12-13-10(7)11-14-16-17-15-11/h2-3,5-6,8H,4H2,1H3,(H,12,13)(H,14,15,16,17). The van der Waals surface area contributed by atoms with E-state index in [0.29, 0.717) is 17.7 Å². The van der Waals surface area contributed by atoms with Gasteiger partial charge in [0.2, 0.25) is 5.82 Å². The first kappa shape index (κ1) is 9.09. The fourth-order valence-corrected chi connectivity index (χ4v) is 3.10. The molecular weight excluding hydrogens is 216 g/mol. The van der Waals surface area contributed by atoms with E-state index in [1.54, 1.807) is 0 Å². The van der Waals surface area contributed by atoms with Crippen molar-refractivity contribution in [2.75, 3.05) is 0 Å². The summed E-state index contributed by atoms with van der Waals surface area (Å²) in [5.74, 6) is 2.67. The van der Waals surface area contributed by atoms with Crippen LogP contribution in [0.15, 0.2) is 12.2 Å². The zero-order valence-corrected chi connectivity index (χ0v) is 9.38. The van der Waals surface area contributed by atoms with E-state index in [1.807, 2.05) is 0 Å². The number of fused-ring (bicyclic) bond motifs is 3. The molecule has 0 aliphatic heterocycles. The number of hydrogen-bond acceptors (Lipinski definition) is 4. The third-order valence-corrected chi connectivity index (χ3v) is 3.87. The lowest BCUT2D eigenvalue weighted by atomic mass is 10.1. The third-order valence-electron chi connectivity index (χ3n) is 3.87. The molecule has 2 aliphatic carbocycles. The van der Waals surface area contributed by atoms with Gasteiger partial charge in [0.05, 0.1) is 0 Å². The Hall–Kier alpha value is -1.98. The molecule has 0 radical (unpaired) electrons. The van der Waals surface area contributed by atoms with Crippen molar-refractivity contribution < 1.29 is 0 Å². The number of aromatic amines is 2. The van der Waals surface area contributed by atoms with Crippen molar-refractivity contribution in [3.8, 4) is 11.5 Å². The zero-order chi connectivity index (χ0) is 11.4. The van der Waals surface area contributed by atoms with Gasteiger partial charge >= 0.3 is 0 Å². The van der Waals surface area contributed by atoms with E-state index in [4.69, 9.17) is 0 Å². The highest BCUT2D eigenvalue weighted by atomic mass is 15.5. The smallest absolute Gasteiger partial charge is 0.225 e. The third kappa shape index (κ3) is 1.09. The minimum atomic E-state index is 0.589. The Morgan fingerprint density at radius 1 is 1.35 bits per heavy atom. The molecule has 0 bridgehead atoms. The van der Waals surface area contributed by atoms with Gasteiger partial charge in [-0.15, -0.1) is 10.2 Å². The minimum Gasteiger partial charge on any atom is -0.281 e.